The number of fused-ring (bicyclic) bond motifs is 3. The Balaban J connectivity index is 1.85. The highest BCUT2D eigenvalue weighted by Gasteiger charge is 2.24. The lowest BCUT2D eigenvalue weighted by molar-refractivity contribution is 0.0937. The fraction of sp³-hybridized carbons (Fsp3) is 0.647. The van der Waals surface area contributed by atoms with Gasteiger partial charge in [0.2, 0.25) is 0 Å². The zero-order chi connectivity index (χ0) is 15.8. The minimum absolute atomic E-state index is 0.154. The number of rotatable bonds is 4. The van der Waals surface area contributed by atoms with Crippen molar-refractivity contribution in [3.05, 3.63) is 20.8 Å². The van der Waals surface area contributed by atoms with Crippen LogP contribution in [0.3, 0.4) is 0 Å². The van der Waals surface area contributed by atoms with Crippen LogP contribution in [0.15, 0.2) is 9.95 Å². The standard InChI is InChI=1S/C17H22N2O2S2/c1-2-22-17-18-15-14(12-7-3-4-8-13(12)23-15)16(20)19(17)10-11-6-5-9-21-11/h11H,2-10H2,1H3/t11-/m0/s1. The predicted octanol–water partition coefficient (Wildman–Crippen LogP) is 3.63. The molecule has 1 aliphatic heterocycles. The molecular weight excluding hydrogens is 328 g/mol. The van der Waals surface area contributed by atoms with Crippen LogP contribution < -0.4 is 5.56 Å². The van der Waals surface area contributed by atoms with Crippen molar-refractivity contribution in [3.8, 4) is 0 Å². The normalized spacial score (nSPS) is 21.0. The number of nitrogens with zero attached hydrogens (tertiary/aromatic N) is 2. The molecule has 0 radical (unpaired) electrons. The van der Waals surface area contributed by atoms with Crippen molar-refractivity contribution in [3.63, 3.8) is 0 Å². The first-order valence-corrected chi connectivity index (χ1v) is 10.4. The van der Waals surface area contributed by atoms with Gasteiger partial charge in [-0.3, -0.25) is 9.36 Å². The van der Waals surface area contributed by atoms with Gasteiger partial charge < -0.3 is 4.74 Å². The van der Waals surface area contributed by atoms with Crippen molar-refractivity contribution in [2.45, 2.75) is 63.3 Å². The quantitative estimate of drug-likeness (QED) is 0.624. The van der Waals surface area contributed by atoms with E-state index in [1.54, 1.807) is 23.1 Å². The molecule has 23 heavy (non-hydrogen) atoms. The molecule has 4 nitrogen and oxygen atoms in total. The van der Waals surface area contributed by atoms with Gasteiger partial charge >= 0.3 is 0 Å². The summed E-state index contributed by atoms with van der Waals surface area (Å²) < 4.78 is 7.64. The second kappa shape index (κ2) is 6.57. The molecule has 0 bridgehead atoms. The minimum Gasteiger partial charge on any atom is -0.376 e. The van der Waals surface area contributed by atoms with E-state index in [4.69, 9.17) is 9.72 Å². The number of hydrogen-bond donors (Lipinski definition) is 0. The van der Waals surface area contributed by atoms with Crippen molar-refractivity contribution in [1.29, 1.82) is 0 Å². The molecule has 2 aromatic heterocycles. The molecular formula is C17H22N2O2S2. The van der Waals surface area contributed by atoms with Gasteiger partial charge in [0.25, 0.3) is 5.56 Å². The summed E-state index contributed by atoms with van der Waals surface area (Å²) in [4.78, 5) is 20.4. The van der Waals surface area contributed by atoms with Gasteiger partial charge in [0.05, 0.1) is 18.0 Å². The van der Waals surface area contributed by atoms with Crippen molar-refractivity contribution < 1.29 is 4.74 Å². The van der Waals surface area contributed by atoms with Gasteiger partial charge in [-0.05, 0) is 49.8 Å². The average molecular weight is 351 g/mol. The maximum absolute atomic E-state index is 13.2. The van der Waals surface area contributed by atoms with E-state index in [2.05, 4.69) is 6.92 Å². The molecule has 1 atom stereocenters. The number of thioether (sulfide) groups is 1. The third kappa shape index (κ3) is 2.85. The van der Waals surface area contributed by atoms with Gasteiger partial charge in [-0.15, -0.1) is 11.3 Å². The molecule has 0 spiro atoms. The molecule has 1 saturated heterocycles. The van der Waals surface area contributed by atoms with E-state index < -0.39 is 0 Å². The van der Waals surface area contributed by atoms with Crippen LogP contribution >= 0.6 is 23.1 Å². The fourth-order valence-corrected chi connectivity index (χ4v) is 5.65. The predicted molar refractivity (Wildman–Crippen MR) is 95.9 cm³/mol. The molecule has 0 amide bonds. The number of aryl methyl sites for hydroxylation is 2. The van der Waals surface area contributed by atoms with Crippen LogP contribution in [0.2, 0.25) is 0 Å². The third-order valence-electron chi connectivity index (χ3n) is 4.72. The summed E-state index contributed by atoms with van der Waals surface area (Å²) in [5.74, 6) is 0.925. The van der Waals surface area contributed by atoms with E-state index in [0.717, 1.165) is 53.4 Å². The Bertz CT molecular complexity index is 775. The van der Waals surface area contributed by atoms with Crippen LogP contribution in [-0.2, 0) is 24.1 Å². The highest BCUT2D eigenvalue weighted by atomic mass is 32.2. The van der Waals surface area contributed by atoms with Crippen LogP contribution in [0, 0.1) is 0 Å². The first-order valence-electron chi connectivity index (χ1n) is 8.57. The van der Waals surface area contributed by atoms with Gasteiger partial charge in [-0.2, -0.15) is 0 Å². The molecule has 0 saturated carbocycles. The van der Waals surface area contributed by atoms with Crippen LogP contribution in [0.4, 0.5) is 0 Å². The Morgan fingerprint density at radius 2 is 2.22 bits per heavy atom. The van der Waals surface area contributed by atoms with Crippen molar-refractivity contribution >= 4 is 33.3 Å². The lowest BCUT2D eigenvalue weighted by atomic mass is 9.97. The summed E-state index contributed by atoms with van der Waals surface area (Å²) in [7, 11) is 0. The zero-order valence-corrected chi connectivity index (χ0v) is 15.1. The second-order valence-corrected chi connectivity index (χ2v) is 8.58. The van der Waals surface area contributed by atoms with E-state index >= 15 is 0 Å². The fourth-order valence-electron chi connectivity index (χ4n) is 3.61. The topological polar surface area (TPSA) is 44.1 Å². The molecule has 124 valence electrons. The minimum atomic E-state index is 0.154. The van der Waals surface area contributed by atoms with Gasteiger partial charge in [0, 0.05) is 11.5 Å². The van der Waals surface area contributed by atoms with Gasteiger partial charge in [0.15, 0.2) is 5.16 Å². The summed E-state index contributed by atoms with van der Waals surface area (Å²) >= 11 is 3.40. The Morgan fingerprint density at radius 1 is 1.35 bits per heavy atom. The van der Waals surface area contributed by atoms with Crippen molar-refractivity contribution in [1.82, 2.24) is 9.55 Å². The van der Waals surface area contributed by atoms with E-state index in [-0.39, 0.29) is 11.7 Å². The van der Waals surface area contributed by atoms with E-state index in [1.165, 1.54) is 23.3 Å². The maximum Gasteiger partial charge on any atom is 0.263 e. The number of aromatic nitrogens is 2. The summed E-state index contributed by atoms with van der Waals surface area (Å²) in [5.41, 5.74) is 1.43. The highest BCUT2D eigenvalue weighted by Crippen LogP contribution is 2.34. The maximum atomic E-state index is 13.2. The Kier molecular flexibility index (Phi) is 4.48. The van der Waals surface area contributed by atoms with Crippen LogP contribution in [0.5, 0.6) is 0 Å². The van der Waals surface area contributed by atoms with Crippen LogP contribution in [0.25, 0.3) is 10.2 Å². The lowest BCUT2D eigenvalue weighted by Gasteiger charge is -2.16. The highest BCUT2D eigenvalue weighted by molar-refractivity contribution is 7.99. The first-order chi connectivity index (χ1) is 11.3. The lowest BCUT2D eigenvalue weighted by Crippen LogP contribution is -2.29. The summed E-state index contributed by atoms with van der Waals surface area (Å²) in [6.45, 7) is 3.57. The monoisotopic (exact) mass is 350 g/mol. The molecule has 3 heterocycles. The smallest absolute Gasteiger partial charge is 0.263 e. The van der Waals surface area contributed by atoms with Crippen molar-refractivity contribution in [2.75, 3.05) is 12.4 Å². The summed E-state index contributed by atoms with van der Waals surface area (Å²) in [6.07, 6.45) is 6.87. The Labute approximate surface area is 144 Å². The molecule has 6 heteroatoms. The van der Waals surface area contributed by atoms with E-state index in [0.29, 0.717) is 6.54 Å². The second-order valence-electron chi connectivity index (χ2n) is 6.27. The molecule has 0 unspecified atom stereocenters. The summed E-state index contributed by atoms with van der Waals surface area (Å²) in [5, 5.41) is 1.75. The molecule has 0 aromatic carbocycles. The molecule has 1 aliphatic carbocycles. The van der Waals surface area contributed by atoms with Crippen molar-refractivity contribution in [2.24, 2.45) is 0 Å². The van der Waals surface area contributed by atoms with Gasteiger partial charge in [-0.25, -0.2) is 4.98 Å². The largest absolute Gasteiger partial charge is 0.376 e. The number of ether oxygens (including phenoxy) is 1. The average Bonchev–Trinajstić information content (AvgIpc) is 3.18. The zero-order valence-electron chi connectivity index (χ0n) is 13.5. The Hall–Kier alpha value is -0.850. The molecule has 2 aliphatic rings. The van der Waals surface area contributed by atoms with Gasteiger partial charge in [0.1, 0.15) is 4.83 Å². The molecule has 1 fully saturated rings. The number of thiophene rings is 1. The Morgan fingerprint density at radius 3 is 3.00 bits per heavy atom. The van der Waals surface area contributed by atoms with E-state index in [1.807, 2.05) is 4.57 Å². The SMILES string of the molecule is CCSc1nc2sc3c(c2c(=O)n1C[C@@H]1CCCO1)CCCC3. The van der Waals surface area contributed by atoms with E-state index in [9.17, 15) is 4.79 Å². The van der Waals surface area contributed by atoms with Gasteiger partial charge in [-0.1, -0.05) is 18.7 Å². The van der Waals surface area contributed by atoms with Crippen LogP contribution in [-0.4, -0.2) is 28.0 Å². The third-order valence-corrected chi connectivity index (χ3v) is 6.77. The molecule has 2 aromatic rings. The molecule has 4 rings (SSSR count). The molecule has 0 N–H and O–H groups in total. The first kappa shape index (κ1) is 15.7. The summed E-state index contributed by atoms with van der Waals surface area (Å²) in [6, 6.07) is 0. The van der Waals surface area contributed by atoms with Crippen LogP contribution in [0.1, 0.15) is 43.0 Å². The number of hydrogen-bond acceptors (Lipinski definition) is 5.